The third kappa shape index (κ3) is 5.07. The SMILES string of the molecule is CN(C)c1ccncc1[C]1[CH][CH][CH][C]1c1cccc2ccccc12.[CH]1[CH][CH][CH][CH]1.[Fe+2]. The van der Waals surface area contributed by atoms with Crippen LogP contribution in [0.2, 0.25) is 0 Å². The molecule has 1 aromatic heterocycles. The van der Waals surface area contributed by atoms with Crippen molar-refractivity contribution in [2.45, 2.75) is 0 Å². The minimum atomic E-state index is 0. The van der Waals surface area contributed by atoms with Gasteiger partial charge in [-0.2, -0.15) is 0 Å². The summed E-state index contributed by atoms with van der Waals surface area (Å²) in [7, 11) is 4.14. The molecule has 1 heterocycles. The summed E-state index contributed by atoms with van der Waals surface area (Å²) in [4.78, 5) is 6.49. The third-order valence-corrected chi connectivity index (χ3v) is 5.02. The van der Waals surface area contributed by atoms with E-state index < -0.39 is 0 Å². The molecule has 0 spiro atoms. The van der Waals surface area contributed by atoms with Crippen molar-refractivity contribution in [3.05, 3.63) is 135 Å². The molecule has 2 saturated carbocycles. The fourth-order valence-corrected chi connectivity index (χ4v) is 3.66. The van der Waals surface area contributed by atoms with Crippen LogP contribution < -0.4 is 4.90 Å². The molecule has 2 aliphatic rings. The van der Waals surface area contributed by atoms with Gasteiger partial charge < -0.3 is 4.90 Å². The fourth-order valence-electron chi connectivity index (χ4n) is 3.66. The van der Waals surface area contributed by atoms with Crippen molar-refractivity contribution >= 4 is 16.5 Å². The number of hydrogen-bond donors (Lipinski definition) is 0. The zero-order chi connectivity index (χ0) is 20.1. The molecule has 148 valence electrons. The summed E-state index contributed by atoms with van der Waals surface area (Å²) in [6, 6.07) is 17.1. The smallest absolute Gasteiger partial charge is 0.377 e. The molecule has 0 amide bonds. The number of nitrogens with zero attached hydrogens (tertiary/aromatic N) is 2. The van der Waals surface area contributed by atoms with E-state index in [2.05, 4.69) is 91.8 Å². The van der Waals surface area contributed by atoms with E-state index in [4.69, 9.17) is 0 Å². The number of fused-ring (bicyclic) bond motifs is 1. The zero-order valence-corrected chi connectivity index (χ0v) is 18.2. The van der Waals surface area contributed by atoms with E-state index in [-0.39, 0.29) is 17.1 Å². The molecular weight excluding hydrogens is 408 g/mol. The van der Waals surface area contributed by atoms with Crippen molar-refractivity contribution in [1.82, 2.24) is 4.98 Å². The van der Waals surface area contributed by atoms with Crippen LogP contribution in [0.15, 0.2) is 60.9 Å². The summed E-state index contributed by atoms with van der Waals surface area (Å²) in [5, 5.41) is 2.55. The largest absolute Gasteiger partial charge is 2.00 e. The van der Waals surface area contributed by atoms with E-state index in [1.54, 1.807) is 0 Å². The van der Waals surface area contributed by atoms with Crippen molar-refractivity contribution in [1.29, 1.82) is 0 Å². The number of rotatable bonds is 3. The zero-order valence-electron chi connectivity index (χ0n) is 17.1. The minimum absolute atomic E-state index is 0. The second kappa shape index (κ2) is 11.0. The van der Waals surface area contributed by atoms with Gasteiger partial charge in [0, 0.05) is 49.6 Å². The number of aromatic nitrogens is 1. The Morgan fingerprint density at radius 1 is 0.667 bits per heavy atom. The van der Waals surface area contributed by atoms with Crippen LogP contribution in [0.3, 0.4) is 0 Å². The maximum atomic E-state index is 4.35. The first kappa shape index (κ1) is 22.8. The van der Waals surface area contributed by atoms with E-state index >= 15 is 0 Å². The summed E-state index contributed by atoms with van der Waals surface area (Å²) in [6.07, 6.45) is 20.3. The first-order valence-electron chi connectivity index (χ1n) is 9.78. The topological polar surface area (TPSA) is 16.1 Å². The first-order chi connectivity index (χ1) is 14.3. The van der Waals surface area contributed by atoms with Gasteiger partial charge in [-0.3, -0.25) is 4.98 Å². The Bertz CT molecular complexity index is 920. The molecule has 2 aromatic carbocycles. The molecule has 0 atom stereocenters. The van der Waals surface area contributed by atoms with Crippen LogP contribution in [-0.2, 0) is 17.1 Å². The van der Waals surface area contributed by atoms with E-state index in [0.717, 1.165) is 5.56 Å². The molecule has 2 fully saturated rings. The van der Waals surface area contributed by atoms with Gasteiger partial charge in [-0.1, -0.05) is 42.5 Å². The fraction of sp³-hybridized carbons (Fsp3) is 0.0741. The molecule has 30 heavy (non-hydrogen) atoms. The van der Waals surface area contributed by atoms with Crippen molar-refractivity contribution in [2.24, 2.45) is 0 Å². The Morgan fingerprint density at radius 3 is 2.00 bits per heavy atom. The molecule has 10 radical (unpaired) electrons. The third-order valence-electron chi connectivity index (χ3n) is 5.02. The number of pyridine rings is 1. The van der Waals surface area contributed by atoms with E-state index in [9.17, 15) is 0 Å². The Kier molecular flexibility index (Phi) is 8.36. The van der Waals surface area contributed by atoms with Gasteiger partial charge in [0.15, 0.2) is 0 Å². The Balaban J connectivity index is 0.000000376. The number of hydrogen-bond acceptors (Lipinski definition) is 2. The number of benzene rings is 2. The van der Waals surface area contributed by atoms with Crippen LogP contribution in [0.4, 0.5) is 5.69 Å². The Hall–Kier alpha value is -1.83. The molecule has 2 nitrogen and oxygen atoms in total. The van der Waals surface area contributed by atoms with Crippen LogP contribution in [0.1, 0.15) is 11.1 Å². The molecular formula is C27H24FeN2+2. The van der Waals surface area contributed by atoms with Crippen molar-refractivity contribution in [2.75, 3.05) is 19.0 Å². The van der Waals surface area contributed by atoms with E-state index in [1.807, 2.05) is 44.5 Å². The van der Waals surface area contributed by atoms with Gasteiger partial charge in [0.1, 0.15) is 0 Å². The predicted molar refractivity (Wildman–Crippen MR) is 122 cm³/mol. The number of anilines is 1. The Morgan fingerprint density at radius 2 is 1.30 bits per heavy atom. The average Bonchev–Trinajstić information content (AvgIpc) is 3.48. The molecule has 3 heteroatoms. The molecule has 3 aromatic rings. The molecule has 5 rings (SSSR count). The van der Waals surface area contributed by atoms with Crippen molar-refractivity contribution in [3.63, 3.8) is 0 Å². The van der Waals surface area contributed by atoms with Crippen molar-refractivity contribution < 1.29 is 17.1 Å². The molecule has 0 aliphatic heterocycles. The standard InChI is InChI=1S/C22H19N2.C5H5.Fe/c1-24(2)22-13-14-23-15-21(22)20-12-6-11-19(20)18-10-5-8-16-7-3-4-9-17(16)18;1-2-4-5-3-1;/h3-15H,1-2H3;1-5H;/q;;+2. The monoisotopic (exact) mass is 432 g/mol. The first-order valence-corrected chi connectivity index (χ1v) is 9.78. The van der Waals surface area contributed by atoms with Crippen LogP contribution in [0, 0.1) is 63.2 Å². The van der Waals surface area contributed by atoms with Gasteiger partial charge in [-0.05, 0) is 73.8 Å². The second-order valence-electron chi connectivity index (χ2n) is 7.13. The summed E-state index contributed by atoms with van der Waals surface area (Å²) in [6.45, 7) is 0. The van der Waals surface area contributed by atoms with Crippen LogP contribution in [-0.4, -0.2) is 19.1 Å². The van der Waals surface area contributed by atoms with Crippen molar-refractivity contribution in [3.8, 4) is 0 Å². The maximum Gasteiger partial charge on any atom is 2.00 e. The summed E-state index contributed by atoms with van der Waals surface area (Å²) in [5.41, 5.74) is 3.61. The van der Waals surface area contributed by atoms with Gasteiger partial charge in [0.2, 0.25) is 0 Å². The van der Waals surface area contributed by atoms with Gasteiger partial charge in [0.05, 0.1) is 0 Å². The van der Waals surface area contributed by atoms with Gasteiger partial charge >= 0.3 is 17.1 Å². The Labute approximate surface area is 192 Å². The maximum absolute atomic E-state index is 4.35. The summed E-state index contributed by atoms with van der Waals surface area (Å²) < 4.78 is 0. The molecule has 0 saturated heterocycles. The summed E-state index contributed by atoms with van der Waals surface area (Å²) in [5.74, 6) is 2.48. The molecule has 0 N–H and O–H groups in total. The minimum Gasteiger partial charge on any atom is -0.377 e. The normalized spacial score (nSPS) is 16.7. The quantitative estimate of drug-likeness (QED) is 0.509. The van der Waals surface area contributed by atoms with Gasteiger partial charge in [0.25, 0.3) is 0 Å². The van der Waals surface area contributed by atoms with Crippen LogP contribution in [0.25, 0.3) is 10.8 Å². The van der Waals surface area contributed by atoms with E-state index in [0.29, 0.717) is 0 Å². The van der Waals surface area contributed by atoms with Crippen LogP contribution in [0.5, 0.6) is 0 Å². The molecule has 2 aliphatic carbocycles. The van der Waals surface area contributed by atoms with E-state index in [1.165, 1.54) is 33.9 Å². The predicted octanol–water partition coefficient (Wildman–Crippen LogP) is 5.49. The second-order valence-corrected chi connectivity index (χ2v) is 7.13. The summed E-state index contributed by atoms with van der Waals surface area (Å²) >= 11 is 0. The molecule has 0 unspecified atom stereocenters. The van der Waals surface area contributed by atoms with Gasteiger partial charge in [-0.25, -0.2) is 0 Å². The molecule has 0 bridgehead atoms. The average molecular weight is 432 g/mol. The van der Waals surface area contributed by atoms with Gasteiger partial charge in [-0.15, -0.1) is 0 Å². The van der Waals surface area contributed by atoms with Crippen LogP contribution >= 0.6 is 0 Å².